The average Bonchev–Trinajstić information content (AvgIpc) is 2.77. The Balaban J connectivity index is 0.00000128. The maximum atomic E-state index is 11.5. The molecule has 0 radical (unpaired) electrons. The molecule has 0 bridgehead atoms. The Bertz CT molecular complexity index is 455. The van der Waals surface area contributed by atoms with Gasteiger partial charge < -0.3 is 4.57 Å². The van der Waals surface area contributed by atoms with Crippen LogP contribution in [0.4, 0.5) is 5.13 Å². The molecule has 6 nitrogen and oxygen atoms in total. The number of aryl methyl sites for hydroxylation is 1. The van der Waals surface area contributed by atoms with Crippen LogP contribution in [0.25, 0.3) is 0 Å². The zero-order valence-electron chi connectivity index (χ0n) is 8.45. The highest BCUT2D eigenvalue weighted by Crippen LogP contribution is 2.13. The number of hydrogen-bond donors (Lipinski definition) is 1. The summed E-state index contributed by atoms with van der Waals surface area (Å²) in [7, 11) is 0. The molecule has 86 valence electrons. The van der Waals surface area contributed by atoms with Crippen molar-refractivity contribution >= 4 is 34.8 Å². The van der Waals surface area contributed by atoms with Gasteiger partial charge in [-0.1, -0.05) is 11.3 Å². The van der Waals surface area contributed by atoms with E-state index in [1.807, 2.05) is 6.92 Å². The second-order valence-electron chi connectivity index (χ2n) is 2.91. The van der Waals surface area contributed by atoms with Crippen LogP contribution in [0.3, 0.4) is 0 Å². The summed E-state index contributed by atoms with van der Waals surface area (Å²) in [6.07, 6.45) is 4.94. The molecule has 0 atom stereocenters. The van der Waals surface area contributed by atoms with E-state index in [0.717, 1.165) is 5.01 Å². The van der Waals surface area contributed by atoms with Gasteiger partial charge in [-0.15, -0.1) is 22.6 Å². The summed E-state index contributed by atoms with van der Waals surface area (Å²) in [5, 5.41) is 11.6. The minimum atomic E-state index is -0.135. The molecule has 0 saturated carbocycles. The molecule has 0 aromatic carbocycles. The van der Waals surface area contributed by atoms with Gasteiger partial charge in [-0.3, -0.25) is 10.1 Å². The van der Waals surface area contributed by atoms with Gasteiger partial charge >= 0.3 is 0 Å². The molecule has 0 spiro atoms. The van der Waals surface area contributed by atoms with E-state index in [4.69, 9.17) is 0 Å². The molecule has 16 heavy (non-hydrogen) atoms. The summed E-state index contributed by atoms with van der Waals surface area (Å²) >= 11 is 1.35. The molecule has 2 aromatic heterocycles. The van der Waals surface area contributed by atoms with Crippen LogP contribution < -0.4 is 5.32 Å². The molecule has 0 saturated heterocycles. The fourth-order valence-electron chi connectivity index (χ4n) is 1.05. The minimum Gasteiger partial charge on any atom is -0.328 e. The number of aromatic nitrogens is 4. The highest BCUT2D eigenvalue weighted by atomic mass is 35.5. The van der Waals surface area contributed by atoms with E-state index in [0.29, 0.717) is 5.13 Å². The van der Waals surface area contributed by atoms with E-state index < -0.39 is 0 Å². The van der Waals surface area contributed by atoms with Crippen molar-refractivity contribution in [2.75, 3.05) is 5.32 Å². The number of imidazole rings is 1. The number of amides is 1. The fraction of sp³-hybridized carbons (Fsp3) is 0.250. The van der Waals surface area contributed by atoms with Crippen LogP contribution in [-0.4, -0.2) is 25.7 Å². The molecule has 0 unspecified atom stereocenters. The molecule has 0 aliphatic rings. The quantitative estimate of drug-likeness (QED) is 0.896. The van der Waals surface area contributed by atoms with Crippen molar-refractivity contribution < 1.29 is 4.79 Å². The van der Waals surface area contributed by atoms with E-state index in [9.17, 15) is 4.79 Å². The largest absolute Gasteiger partial charge is 0.328 e. The number of carbonyl (C=O) groups excluding carboxylic acids is 1. The van der Waals surface area contributed by atoms with E-state index in [1.165, 1.54) is 11.3 Å². The first-order valence-electron chi connectivity index (χ1n) is 4.30. The van der Waals surface area contributed by atoms with Crippen LogP contribution in [0.1, 0.15) is 5.01 Å². The number of hydrogen-bond acceptors (Lipinski definition) is 5. The molecule has 1 N–H and O–H groups in total. The molecule has 2 rings (SSSR count). The van der Waals surface area contributed by atoms with Gasteiger partial charge in [0.2, 0.25) is 11.0 Å². The van der Waals surface area contributed by atoms with Crippen LogP contribution in [0.5, 0.6) is 0 Å². The summed E-state index contributed by atoms with van der Waals surface area (Å²) in [4.78, 5) is 15.3. The number of nitrogens with zero attached hydrogens (tertiary/aromatic N) is 4. The van der Waals surface area contributed by atoms with Gasteiger partial charge in [0.1, 0.15) is 11.6 Å². The highest BCUT2D eigenvalue weighted by molar-refractivity contribution is 7.15. The first kappa shape index (κ1) is 12.6. The molecular formula is C8H10ClN5OS. The van der Waals surface area contributed by atoms with Crippen LogP contribution in [0, 0.1) is 6.92 Å². The van der Waals surface area contributed by atoms with Crippen molar-refractivity contribution in [1.29, 1.82) is 0 Å². The zero-order valence-corrected chi connectivity index (χ0v) is 10.1. The highest BCUT2D eigenvalue weighted by Gasteiger charge is 2.06. The zero-order chi connectivity index (χ0) is 10.7. The third-order valence-electron chi connectivity index (χ3n) is 1.66. The van der Waals surface area contributed by atoms with E-state index in [-0.39, 0.29) is 24.9 Å². The summed E-state index contributed by atoms with van der Waals surface area (Å²) in [6.45, 7) is 2.07. The van der Waals surface area contributed by atoms with Gasteiger partial charge in [-0.05, 0) is 6.92 Å². The predicted molar refractivity (Wildman–Crippen MR) is 62.8 cm³/mol. The fourth-order valence-corrected chi connectivity index (χ4v) is 1.66. The monoisotopic (exact) mass is 259 g/mol. The van der Waals surface area contributed by atoms with E-state index in [1.54, 1.807) is 23.3 Å². The molecule has 0 aliphatic carbocycles. The molecule has 2 aromatic rings. The third kappa shape index (κ3) is 3.28. The lowest BCUT2D eigenvalue weighted by Gasteiger charge is -2.00. The SMILES string of the molecule is Cc1nnc(NC(=O)Cn2ccnc2)s1.Cl. The lowest BCUT2D eigenvalue weighted by Crippen LogP contribution is -2.17. The van der Waals surface area contributed by atoms with Crippen molar-refractivity contribution in [3.8, 4) is 0 Å². The maximum absolute atomic E-state index is 11.5. The van der Waals surface area contributed by atoms with Crippen LogP contribution in [0.15, 0.2) is 18.7 Å². The topological polar surface area (TPSA) is 72.7 Å². The molecule has 0 fully saturated rings. The van der Waals surface area contributed by atoms with Gasteiger partial charge in [0.05, 0.1) is 6.33 Å². The Morgan fingerprint density at radius 2 is 2.38 bits per heavy atom. The molecule has 1 amide bonds. The molecule has 0 aliphatic heterocycles. The Morgan fingerprint density at radius 1 is 1.56 bits per heavy atom. The number of carbonyl (C=O) groups is 1. The Hall–Kier alpha value is -1.47. The second kappa shape index (κ2) is 5.57. The standard InChI is InChI=1S/C8H9N5OS.ClH/c1-6-11-12-8(15-6)10-7(14)4-13-3-2-9-5-13;/h2-3,5H,4H2,1H3,(H,10,12,14);1H. The first-order valence-corrected chi connectivity index (χ1v) is 5.11. The molecule has 2 heterocycles. The normalized spacial score (nSPS) is 9.56. The summed E-state index contributed by atoms with van der Waals surface area (Å²) in [5.41, 5.74) is 0. The predicted octanol–water partition coefficient (Wildman–Crippen LogP) is 1.10. The number of nitrogens with one attached hydrogen (secondary N) is 1. The molecular weight excluding hydrogens is 250 g/mol. The first-order chi connectivity index (χ1) is 7.24. The van der Waals surface area contributed by atoms with E-state index >= 15 is 0 Å². The van der Waals surface area contributed by atoms with Gasteiger partial charge in [0.25, 0.3) is 0 Å². The van der Waals surface area contributed by atoms with Crippen LogP contribution >= 0.6 is 23.7 Å². The maximum Gasteiger partial charge on any atom is 0.246 e. The lowest BCUT2D eigenvalue weighted by molar-refractivity contribution is -0.116. The van der Waals surface area contributed by atoms with Crippen LogP contribution in [-0.2, 0) is 11.3 Å². The van der Waals surface area contributed by atoms with Crippen molar-refractivity contribution in [3.63, 3.8) is 0 Å². The number of halogens is 1. The third-order valence-corrected chi connectivity index (χ3v) is 2.41. The van der Waals surface area contributed by atoms with Gasteiger partial charge in [0, 0.05) is 12.4 Å². The summed E-state index contributed by atoms with van der Waals surface area (Å²) in [6, 6.07) is 0. The summed E-state index contributed by atoms with van der Waals surface area (Å²) < 4.78 is 1.68. The van der Waals surface area contributed by atoms with Crippen molar-refractivity contribution in [1.82, 2.24) is 19.7 Å². The lowest BCUT2D eigenvalue weighted by atomic mass is 10.6. The Morgan fingerprint density at radius 3 is 2.94 bits per heavy atom. The summed E-state index contributed by atoms with van der Waals surface area (Å²) in [5.74, 6) is -0.135. The second-order valence-corrected chi connectivity index (χ2v) is 4.09. The van der Waals surface area contributed by atoms with Crippen LogP contribution in [0.2, 0.25) is 0 Å². The minimum absolute atomic E-state index is 0. The Labute approximate surface area is 102 Å². The number of anilines is 1. The smallest absolute Gasteiger partial charge is 0.246 e. The van der Waals surface area contributed by atoms with Gasteiger partial charge in [-0.25, -0.2) is 4.98 Å². The van der Waals surface area contributed by atoms with E-state index in [2.05, 4.69) is 20.5 Å². The Kier molecular flexibility index (Phi) is 4.39. The number of rotatable bonds is 3. The van der Waals surface area contributed by atoms with Gasteiger partial charge in [0.15, 0.2) is 0 Å². The van der Waals surface area contributed by atoms with Crippen molar-refractivity contribution in [3.05, 3.63) is 23.7 Å². The van der Waals surface area contributed by atoms with Crippen molar-refractivity contribution in [2.45, 2.75) is 13.5 Å². The van der Waals surface area contributed by atoms with Gasteiger partial charge in [-0.2, -0.15) is 0 Å². The average molecular weight is 260 g/mol. The molecule has 8 heteroatoms. The van der Waals surface area contributed by atoms with Crippen molar-refractivity contribution in [2.24, 2.45) is 0 Å².